The molecule has 0 radical (unpaired) electrons. The van der Waals surface area contributed by atoms with Crippen LogP contribution >= 0.6 is 22.7 Å². The van der Waals surface area contributed by atoms with E-state index < -0.39 is 0 Å². The van der Waals surface area contributed by atoms with Gasteiger partial charge in [0.05, 0.1) is 22.8 Å². The average molecular weight is 464 g/mol. The molecule has 0 aliphatic heterocycles. The van der Waals surface area contributed by atoms with Crippen molar-refractivity contribution in [2.75, 3.05) is 12.4 Å². The molecular weight excluding hydrogens is 438 g/mol. The quantitative estimate of drug-likeness (QED) is 0.422. The van der Waals surface area contributed by atoms with Gasteiger partial charge in [0.25, 0.3) is 5.91 Å². The maximum Gasteiger partial charge on any atom is 0.264 e. The number of nitrogens with zero attached hydrogens (tertiary/aromatic N) is 4. The van der Waals surface area contributed by atoms with Crippen molar-refractivity contribution in [2.45, 2.75) is 45.7 Å². The van der Waals surface area contributed by atoms with Crippen LogP contribution in [0.3, 0.4) is 0 Å². The molecule has 0 saturated heterocycles. The molecule has 1 aromatic carbocycles. The minimum Gasteiger partial charge on any atom is -0.363 e. The fourth-order valence-electron chi connectivity index (χ4n) is 4.38. The summed E-state index contributed by atoms with van der Waals surface area (Å²) < 4.78 is 0. The zero-order valence-corrected chi connectivity index (χ0v) is 20.0. The highest BCUT2D eigenvalue weighted by Crippen LogP contribution is 2.38. The third-order valence-corrected chi connectivity index (χ3v) is 8.13. The topological polar surface area (TPSA) is 71.0 Å². The summed E-state index contributed by atoms with van der Waals surface area (Å²) in [7, 11) is 1.83. The molecule has 5 rings (SSSR count). The summed E-state index contributed by atoms with van der Waals surface area (Å²) in [6, 6.07) is 8.84. The van der Waals surface area contributed by atoms with Crippen molar-refractivity contribution < 1.29 is 4.79 Å². The molecule has 0 bridgehead atoms. The largest absolute Gasteiger partial charge is 0.363 e. The molecule has 1 unspecified atom stereocenters. The van der Waals surface area contributed by atoms with Crippen molar-refractivity contribution in [1.29, 1.82) is 0 Å². The molecule has 1 atom stereocenters. The summed E-state index contributed by atoms with van der Waals surface area (Å²) >= 11 is 3.02. The lowest BCUT2D eigenvalue weighted by atomic mass is 9.87. The Hall–Kier alpha value is -2.84. The van der Waals surface area contributed by atoms with Crippen LogP contribution in [0.1, 0.15) is 55.9 Å². The van der Waals surface area contributed by atoms with Crippen LogP contribution in [-0.4, -0.2) is 32.8 Å². The van der Waals surface area contributed by atoms with Gasteiger partial charge >= 0.3 is 0 Å². The number of benzene rings is 1. The highest BCUT2D eigenvalue weighted by atomic mass is 32.1. The average Bonchev–Trinajstić information content (AvgIpc) is 3.36. The van der Waals surface area contributed by atoms with Gasteiger partial charge in [-0.3, -0.25) is 4.79 Å². The summed E-state index contributed by atoms with van der Waals surface area (Å²) in [6.07, 6.45) is 4.92. The van der Waals surface area contributed by atoms with Crippen molar-refractivity contribution in [3.63, 3.8) is 0 Å². The third-order valence-electron chi connectivity index (χ3n) is 5.99. The fourth-order valence-corrected chi connectivity index (χ4v) is 6.34. The molecule has 32 heavy (non-hydrogen) atoms. The van der Waals surface area contributed by atoms with Gasteiger partial charge in [-0.1, -0.05) is 24.3 Å². The summed E-state index contributed by atoms with van der Waals surface area (Å²) in [4.78, 5) is 30.1. The fraction of sp³-hybridized carbons (Fsp3) is 0.333. The molecule has 4 aromatic rings. The maximum absolute atomic E-state index is 13.3. The van der Waals surface area contributed by atoms with Gasteiger partial charge in [-0.15, -0.1) is 22.7 Å². The van der Waals surface area contributed by atoms with Crippen LogP contribution in [-0.2, 0) is 13.0 Å². The number of rotatable bonds is 5. The van der Waals surface area contributed by atoms with Crippen LogP contribution < -0.4 is 5.32 Å². The van der Waals surface area contributed by atoms with E-state index in [9.17, 15) is 4.79 Å². The first-order valence-corrected chi connectivity index (χ1v) is 12.5. The molecule has 164 valence electrons. The standard InChI is InChI=1S/C24H25N5OS2/c1-14-12-31-19(27-14)11-29(3)24(30)21-15(2)20-22(25-13-26-23(20)32-21)28-18-10-6-8-16-7-4-5-9-17(16)18/h4-5,7,9,12-13,18H,6,8,10-11H2,1-3H3,(H,25,26,28). The first-order valence-electron chi connectivity index (χ1n) is 10.8. The minimum atomic E-state index is -0.00712. The highest BCUT2D eigenvalue weighted by molar-refractivity contribution is 7.20. The van der Waals surface area contributed by atoms with E-state index in [-0.39, 0.29) is 11.9 Å². The van der Waals surface area contributed by atoms with E-state index in [0.717, 1.165) is 51.6 Å². The van der Waals surface area contributed by atoms with Crippen LogP contribution in [0, 0.1) is 13.8 Å². The van der Waals surface area contributed by atoms with E-state index in [4.69, 9.17) is 0 Å². The molecule has 1 N–H and O–H groups in total. The predicted molar refractivity (Wildman–Crippen MR) is 131 cm³/mol. The Labute approximate surface area is 195 Å². The monoisotopic (exact) mass is 463 g/mol. The van der Waals surface area contributed by atoms with E-state index in [1.54, 1.807) is 22.6 Å². The van der Waals surface area contributed by atoms with Crippen LogP contribution in [0.2, 0.25) is 0 Å². The van der Waals surface area contributed by atoms with Crippen LogP contribution in [0.5, 0.6) is 0 Å². The molecule has 1 aliphatic rings. The Balaban J connectivity index is 1.45. The number of aryl methyl sites for hydroxylation is 3. The van der Waals surface area contributed by atoms with Crippen molar-refractivity contribution >= 4 is 44.6 Å². The molecule has 1 amide bonds. The first kappa shape index (κ1) is 21.0. The molecule has 0 spiro atoms. The number of nitrogens with one attached hydrogen (secondary N) is 1. The van der Waals surface area contributed by atoms with Crippen molar-refractivity contribution in [1.82, 2.24) is 19.9 Å². The molecule has 6 nitrogen and oxygen atoms in total. The second-order valence-electron chi connectivity index (χ2n) is 8.29. The Morgan fingerprint density at radius 1 is 1.25 bits per heavy atom. The zero-order chi connectivity index (χ0) is 22.2. The minimum absolute atomic E-state index is 0.00712. The van der Waals surface area contributed by atoms with Crippen LogP contribution in [0.4, 0.5) is 5.82 Å². The molecule has 3 heterocycles. The number of thiazole rings is 1. The summed E-state index contributed by atoms with van der Waals surface area (Å²) in [5.41, 5.74) is 4.66. The van der Waals surface area contributed by atoms with Gasteiger partial charge in [0.2, 0.25) is 0 Å². The summed E-state index contributed by atoms with van der Waals surface area (Å²) in [5, 5.41) is 7.56. The summed E-state index contributed by atoms with van der Waals surface area (Å²) in [6.45, 7) is 4.47. The Morgan fingerprint density at radius 2 is 2.09 bits per heavy atom. The van der Waals surface area contributed by atoms with Crippen LogP contribution in [0.15, 0.2) is 36.0 Å². The number of hydrogen-bond donors (Lipinski definition) is 1. The second-order valence-corrected chi connectivity index (χ2v) is 10.2. The number of thiophene rings is 1. The number of carbonyl (C=O) groups is 1. The number of aromatic nitrogens is 3. The van der Waals surface area contributed by atoms with E-state index in [1.807, 2.05) is 26.3 Å². The smallest absolute Gasteiger partial charge is 0.264 e. The Kier molecular flexibility index (Phi) is 5.65. The van der Waals surface area contributed by atoms with Gasteiger partial charge in [-0.05, 0) is 49.8 Å². The molecule has 1 aliphatic carbocycles. The van der Waals surface area contributed by atoms with Gasteiger partial charge in [0.1, 0.15) is 22.0 Å². The van der Waals surface area contributed by atoms with Crippen LogP contribution in [0.25, 0.3) is 10.2 Å². The summed E-state index contributed by atoms with van der Waals surface area (Å²) in [5.74, 6) is 0.801. The number of hydrogen-bond acceptors (Lipinski definition) is 7. The van der Waals surface area contributed by atoms with Gasteiger partial charge in [-0.2, -0.15) is 0 Å². The van der Waals surface area contributed by atoms with Gasteiger partial charge in [-0.25, -0.2) is 15.0 Å². The Bertz CT molecular complexity index is 1290. The van der Waals surface area contributed by atoms with Crippen molar-refractivity contribution in [3.05, 3.63) is 68.2 Å². The number of carbonyl (C=O) groups excluding carboxylic acids is 1. The highest BCUT2D eigenvalue weighted by Gasteiger charge is 2.25. The zero-order valence-electron chi connectivity index (χ0n) is 18.4. The van der Waals surface area contributed by atoms with Gasteiger partial charge < -0.3 is 10.2 Å². The lowest BCUT2D eigenvalue weighted by Gasteiger charge is -2.27. The lowest BCUT2D eigenvalue weighted by Crippen LogP contribution is -2.26. The van der Waals surface area contributed by atoms with Gasteiger partial charge in [0, 0.05) is 18.1 Å². The number of fused-ring (bicyclic) bond motifs is 2. The first-order chi connectivity index (χ1) is 15.5. The second kappa shape index (κ2) is 8.60. The predicted octanol–water partition coefficient (Wildman–Crippen LogP) is 5.53. The van der Waals surface area contributed by atoms with Crippen molar-refractivity contribution in [2.24, 2.45) is 0 Å². The van der Waals surface area contributed by atoms with Gasteiger partial charge in [0.15, 0.2) is 0 Å². The van der Waals surface area contributed by atoms with E-state index in [1.165, 1.54) is 22.5 Å². The SMILES string of the molecule is Cc1csc(CN(C)C(=O)c2sc3ncnc(NC4CCCc5ccccc54)c3c2C)n1. The van der Waals surface area contributed by atoms with E-state index in [2.05, 4.69) is 44.5 Å². The maximum atomic E-state index is 13.3. The number of anilines is 1. The normalized spacial score (nSPS) is 15.5. The van der Waals surface area contributed by atoms with E-state index in [0.29, 0.717) is 11.4 Å². The third kappa shape index (κ3) is 3.89. The molecule has 8 heteroatoms. The van der Waals surface area contributed by atoms with E-state index >= 15 is 0 Å². The molecule has 0 fully saturated rings. The lowest BCUT2D eigenvalue weighted by molar-refractivity contribution is 0.0789. The molecular formula is C24H25N5OS2. The Morgan fingerprint density at radius 3 is 2.91 bits per heavy atom. The molecule has 3 aromatic heterocycles. The molecule has 0 saturated carbocycles. The van der Waals surface area contributed by atoms with Crippen molar-refractivity contribution in [3.8, 4) is 0 Å². The number of amides is 1.